The van der Waals surface area contributed by atoms with Crippen molar-refractivity contribution in [3.05, 3.63) is 47.7 Å². The lowest BCUT2D eigenvalue weighted by Gasteiger charge is -2.22. The fourth-order valence-electron chi connectivity index (χ4n) is 1.92. The van der Waals surface area contributed by atoms with Crippen LogP contribution in [0.2, 0.25) is 0 Å². The van der Waals surface area contributed by atoms with Crippen LogP contribution in [0.1, 0.15) is 17.4 Å². The summed E-state index contributed by atoms with van der Waals surface area (Å²) in [7, 11) is 1.62. The molecule has 0 saturated heterocycles. The predicted octanol–water partition coefficient (Wildman–Crippen LogP) is 2.00. The van der Waals surface area contributed by atoms with E-state index in [1.807, 2.05) is 24.3 Å². The van der Waals surface area contributed by atoms with Gasteiger partial charge in [0.25, 0.3) is 0 Å². The third kappa shape index (κ3) is 2.25. The largest absolute Gasteiger partial charge is 0.497 e. The van der Waals surface area contributed by atoms with E-state index < -0.39 is 6.23 Å². The van der Waals surface area contributed by atoms with Crippen LogP contribution in [0.25, 0.3) is 0 Å². The van der Waals surface area contributed by atoms with Crippen LogP contribution in [-0.4, -0.2) is 28.4 Å². The molecule has 5 nitrogen and oxygen atoms in total. The van der Waals surface area contributed by atoms with Gasteiger partial charge in [0, 0.05) is 23.4 Å². The molecule has 0 spiro atoms. The average Bonchev–Trinajstić information content (AvgIpc) is 2.96. The van der Waals surface area contributed by atoms with Crippen LogP contribution in [0.3, 0.4) is 0 Å². The van der Waals surface area contributed by atoms with Crippen molar-refractivity contribution in [2.24, 2.45) is 4.99 Å². The lowest BCUT2D eigenvalue weighted by molar-refractivity contribution is 0.0901. The molecule has 1 atom stereocenters. The Morgan fingerprint density at radius 1 is 1.30 bits per heavy atom. The van der Waals surface area contributed by atoms with E-state index in [4.69, 9.17) is 4.74 Å². The van der Waals surface area contributed by atoms with Gasteiger partial charge in [0.1, 0.15) is 17.9 Å². The number of aliphatic hydroxyl groups excluding tert-OH is 1. The lowest BCUT2D eigenvalue weighted by Crippen LogP contribution is -2.24. The molecule has 0 fully saturated rings. The second-order valence-corrected chi connectivity index (χ2v) is 4.27. The number of aromatic nitrogens is 1. The SMILES string of the molecule is COc1ccc(C#CN2C=Nc3[nH]ccc3C2O)cc1. The molecule has 20 heavy (non-hydrogen) atoms. The zero-order valence-electron chi connectivity index (χ0n) is 10.9. The molecule has 100 valence electrons. The van der Waals surface area contributed by atoms with Gasteiger partial charge in [0.05, 0.1) is 7.11 Å². The van der Waals surface area contributed by atoms with Crippen molar-refractivity contribution >= 4 is 12.2 Å². The second kappa shape index (κ2) is 5.11. The molecule has 1 aromatic heterocycles. The van der Waals surface area contributed by atoms with Crippen LogP contribution in [0.15, 0.2) is 41.5 Å². The first kappa shape index (κ1) is 12.3. The summed E-state index contributed by atoms with van der Waals surface area (Å²) in [6, 6.07) is 12.1. The minimum absolute atomic E-state index is 0.667. The molecule has 3 rings (SSSR count). The van der Waals surface area contributed by atoms with Crippen LogP contribution >= 0.6 is 0 Å². The topological polar surface area (TPSA) is 60.8 Å². The van der Waals surface area contributed by atoms with E-state index in [-0.39, 0.29) is 0 Å². The van der Waals surface area contributed by atoms with Crippen molar-refractivity contribution < 1.29 is 9.84 Å². The molecule has 0 amide bonds. The fraction of sp³-hybridized carbons (Fsp3) is 0.133. The Morgan fingerprint density at radius 2 is 2.10 bits per heavy atom. The maximum atomic E-state index is 10.2. The quantitative estimate of drug-likeness (QED) is 0.777. The summed E-state index contributed by atoms with van der Waals surface area (Å²) < 4.78 is 5.09. The Morgan fingerprint density at radius 3 is 2.85 bits per heavy atom. The van der Waals surface area contributed by atoms with E-state index in [1.165, 1.54) is 11.2 Å². The van der Waals surface area contributed by atoms with Crippen LogP contribution in [0.5, 0.6) is 5.75 Å². The van der Waals surface area contributed by atoms with Crippen molar-refractivity contribution in [2.45, 2.75) is 6.23 Å². The Labute approximate surface area is 116 Å². The number of aromatic amines is 1. The summed E-state index contributed by atoms with van der Waals surface area (Å²) in [4.78, 5) is 8.61. The summed E-state index contributed by atoms with van der Waals surface area (Å²) in [6.07, 6.45) is 2.45. The second-order valence-electron chi connectivity index (χ2n) is 4.27. The van der Waals surface area contributed by atoms with Gasteiger partial charge in [-0.2, -0.15) is 0 Å². The molecule has 0 radical (unpaired) electrons. The van der Waals surface area contributed by atoms with Gasteiger partial charge in [-0.25, -0.2) is 4.99 Å². The molecular formula is C15H13N3O2. The molecule has 1 aliphatic heterocycles. The van der Waals surface area contributed by atoms with Crippen molar-refractivity contribution in [1.29, 1.82) is 0 Å². The lowest BCUT2D eigenvalue weighted by atomic mass is 10.2. The minimum atomic E-state index is -0.806. The number of hydrogen-bond donors (Lipinski definition) is 2. The number of ether oxygens (including phenoxy) is 1. The number of aliphatic imine (C=N–C) groups is 1. The van der Waals surface area contributed by atoms with Gasteiger partial charge < -0.3 is 14.8 Å². The summed E-state index contributed by atoms with van der Waals surface area (Å²) in [6.45, 7) is 0. The molecule has 0 bridgehead atoms. The van der Waals surface area contributed by atoms with Crippen molar-refractivity contribution in [2.75, 3.05) is 7.11 Å². The minimum Gasteiger partial charge on any atom is -0.497 e. The third-order valence-corrected chi connectivity index (χ3v) is 3.03. The Bertz CT molecular complexity index is 692. The van der Waals surface area contributed by atoms with E-state index in [9.17, 15) is 5.11 Å². The first-order valence-electron chi connectivity index (χ1n) is 6.11. The third-order valence-electron chi connectivity index (χ3n) is 3.03. The van der Waals surface area contributed by atoms with Gasteiger partial charge in [-0.1, -0.05) is 0 Å². The van der Waals surface area contributed by atoms with Crippen LogP contribution in [0.4, 0.5) is 5.82 Å². The first-order chi connectivity index (χ1) is 9.78. The van der Waals surface area contributed by atoms with Crippen LogP contribution in [0, 0.1) is 12.0 Å². The van der Waals surface area contributed by atoms with Crippen molar-refractivity contribution in [3.63, 3.8) is 0 Å². The number of H-pyrrole nitrogens is 1. The maximum Gasteiger partial charge on any atom is 0.169 e. The van der Waals surface area contributed by atoms with E-state index in [0.717, 1.165) is 16.9 Å². The Hall–Kier alpha value is -2.71. The molecule has 2 heterocycles. The number of fused-ring (bicyclic) bond motifs is 1. The molecular weight excluding hydrogens is 254 g/mol. The zero-order chi connectivity index (χ0) is 13.9. The standard InChI is InChI=1S/C15H13N3O2/c1-20-12-4-2-11(3-5-12)7-9-18-10-17-14-13(15(18)19)6-8-16-14/h2-6,8,10,15-16,19H,1H3. The van der Waals surface area contributed by atoms with Gasteiger partial charge in [0.15, 0.2) is 6.23 Å². The van der Waals surface area contributed by atoms with E-state index in [0.29, 0.717) is 5.82 Å². The normalized spacial score (nSPS) is 16.3. The van der Waals surface area contributed by atoms with Gasteiger partial charge >= 0.3 is 0 Å². The Balaban J connectivity index is 1.80. The Kier molecular flexibility index (Phi) is 3.15. The number of methoxy groups -OCH3 is 1. The smallest absolute Gasteiger partial charge is 0.169 e. The maximum absolute atomic E-state index is 10.2. The summed E-state index contributed by atoms with van der Waals surface area (Å²) in [5, 5.41) is 10.2. The fourth-order valence-corrected chi connectivity index (χ4v) is 1.92. The van der Waals surface area contributed by atoms with Gasteiger partial charge in [-0.3, -0.25) is 4.90 Å². The highest BCUT2D eigenvalue weighted by Crippen LogP contribution is 2.29. The number of nitrogens with zero attached hydrogens (tertiary/aromatic N) is 2. The number of hydrogen-bond acceptors (Lipinski definition) is 4. The van der Waals surface area contributed by atoms with E-state index in [2.05, 4.69) is 21.9 Å². The molecule has 1 aromatic carbocycles. The average molecular weight is 267 g/mol. The summed E-state index contributed by atoms with van der Waals surface area (Å²) >= 11 is 0. The van der Waals surface area contributed by atoms with Gasteiger partial charge in [-0.15, -0.1) is 0 Å². The zero-order valence-corrected chi connectivity index (χ0v) is 10.9. The van der Waals surface area contributed by atoms with Gasteiger partial charge in [0.2, 0.25) is 0 Å². The van der Waals surface area contributed by atoms with Crippen molar-refractivity contribution in [1.82, 2.24) is 9.88 Å². The predicted molar refractivity (Wildman–Crippen MR) is 75.6 cm³/mol. The highest BCUT2D eigenvalue weighted by Gasteiger charge is 2.21. The number of aliphatic hydroxyl groups is 1. The van der Waals surface area contributed by atoms with Crippen molar-refractivity contribution in [3.8, 4) is 17.7 Å². The summed E-state index contributed by atoms with van der Waals surface area (Å²) in [5.41, 5.74) is 1.56. The molecule has 2 aromatic rings. The molecule has 1 unspecified atom stereocenters. The molecule has 5 heteroatoms. The molecule has 2 N–H and O–H groups in total. The number of rotatable bonds is 1. The highest BCUT2D eigenvalue weighted by molar-refractivity contribution is 5.68. The first-order valence-corrected chi connectivity index (χ1v) is 6.11. The van der Waals surface area contributed by atoms with Crippen LogP contribution < -0.4 is 4.74 Å². The highest BCUT2D eigenvalue weighted by atomic mass is 16.5. The number of benzene rings is 1. The van der Waals surface area contributed by atoms with E-state index >= 15 is 0 Å². The van der Waals surface area contributed by atoms with Gasteiger partial charge in [-0.05, 0) is 36.3 Å². The molecule has 1 aliphatic rings. The van der Waals surface area contributed by atoms with E-state index in [1.54, 1.807) is 19.4 Å². The molecule has 0 saturated carbocycles. The molecule has 0 aliphatic carbocycles. The summed E-state index contributed by atoms with van der Waals surface area (Å²) in [5.74, 6) is 4.43. The van der Waals surface area contributed by atoms with Crippen LogP contribution in [-0.2, 0) is 0 Å². The number of nitrogens with one attached hydrogen (secondary N) is 1. The monoisotopic (exact) mass is 267 g/mol.